The smallest absolute Gasteiger partial charge is 0.284 e. The molecule has 0 aliphatic rings. The summed E-state index contributed by atoms with van der Waals surface area (Å²) < 4.78 is 2.17. The third kappa shape index (κ3) is 3.69. The van der Waals surface area contributed by atoms with Crippen molar-refractivity contribution in [1.82, 2.24) is 0 Å². The van der Waals surface area contributed by atoms with Crippen LogP contribution in [0, 0.1) is 6.92 Å². The van der Waals surface area contributed by atoms with Crippen molar-refractivity contribution in [2.45, 2.75) is 20.1 Å². The Morgan fingerprint density at radius 1 is 0.774 bits per heavy atom. The summed E-state index contributed by atoms with van der Waals surface area (Å²) in [6.07, 6.45) is 0. The molecule has 0 aliphatic carbocycles. The number of fused-ring (bicyclic) bond motifs is 1. The molecule has 3 aromatic carbocycles. The molecule has 31 heavy (non-hydrogen) atoms. The Morgan fingerprint density at radius 3 is 2.06 bits per heavy atom. The molecular formula is C27H29N2O2+. The van der Waals surface area contributed by atoms with E-state index >= 15 is 0 Å². The van der Waals surface area contributed by atoms with Crippen molar-refractivity contribution >= 4 is 16.7 Å². The minimum Gasteiger partial charge on any atom is -0.392 e. The van der Waals surface area contributed by atoms with Gasteiger partial charge in [0.2, 0.25) is 0 Å². The van der Waals surface area contributed by atoms with Crippen LogP contribution in [-0.4, -0.2) is 24.3 Å². The quantitative estimate of drug-likeness (QED) is 0.478. The number of anilines is 1. The SMILES string of the molecule is Cc1c(-c2ccccc2)cccc1-c1cc2cc(CO)c(CO)cc2[n+](C)c1N(C)C. The molecule has 4 rings (SSSR count). The van der Waals surface area contributed by atoms with Gasteiger partial charge in [0.05, 0.1) is 39.9 Å². The number of aryl methyl sites for hydroxylation is 1. The van der Waals surface area contributed by atoms with Gasteiger partial charge in [-0.1, -0.05) is 48.5 Å². The average Bonchev–Trinajstić information content (AvgIpc) is 2.78. The van der Waals surface area contributed by atoms with Gasteiger partial charge in [0.25, 0.3) is 5.82 Å². The van der Waals surface area contributed by atoms with Crippen LogP contribution in [0.2, 0.25) is 0 Å². The third-order valence-electron chi connectivity index (χ3n) is 6.04. The number of pyridine rings is 1. The van der Waals surface area contributed by atoms with Crippen LogP contribution in [0.15, 0.2) is 66.7 Å². The normalized spacial score (nSPS) is 11.2. The van der Waals surface area contributed by atoms with Gasteiger partial charge in [-0.2, -0.15) is 0 Å². The van der Waals surface area contributed by atoms with E-state index in [-0.39, 0.29) is 13.2 Å². The highest BCUT2D eigenvalue weighted by molar-refractivity contribution is 5.90. The van der Waals surface area contributed by atoms with Crippen LogP contribution in [0.4, 0.5) is 5.82 Å². The van der Waals surface area contributed by atoms with Gasteiger partial charge in [0.1, 0.15) is 5.52 Å². The van der Waals surface area contributed by atoms with E-state index in [1.165, 1.54) is 22.3 Å². The largest absolute Gasteiger partial charge is 0.392 e. The van der Waals surface area contributed by atoms with E-state index < -0.39 is 0 Å². The molecular weight excluding hydrogens is 384 g/mol. The summed E-state index contributed by atoms with van der Waals surface area (Å²) in [6, 6.07) is 23.1. The Labute approximate surface area is 183 Å². The fourth-order valence-corrected chi connectivity index (χ4v) is 4.51. The topological polar surface area (TPSA) is 47.6 Å². The van der Waals surface area contributed by atoms with Crippen molar-refractivity contribution in [3.8, 4) is 22.3 Å². The number of rotatable bonds is 5. The Bertz CT molecular complexity index is 1250. The lowest BCUT2D eigenvalue weighted by atomic mass is 9.91. The van der Waals surface area contributed by atoms with Crippen LogP contribution in [-0.2, 0) is 20.3 Å². The fourth-order valence-electron chi connectivity index (χ4n) is 4.51. The maximum atomic E-state index is 9.79. The number of hydrogen-bond donors (Lipinski definition) is 2. The summed E-state index contributed by atoms with van der Waals surface area (Å²) >= 11 is 0. The monoisotopic (exact) mass is 413 g/mol. The van der Waals surface area contributed by atoms with Crippen molar-refractivity contribution in [2.75, 3.05) is 19.0 Å². The number of aliphatic hydroxyl groups excluding tert-OH is 2. The molecule has 0 radical (unpaired) electrons. The number of nitrogens with zero attached hydrogens (tertiary/aromatic N) is 2. The molecule has 0 atom stereocenters. The Hall–Kier alpha value is -3.21. The summed E-state index contributed by atoms with van der Waals surface area (Å²) in [5.41, 5.74) is 8.50. The summed E-state index contributed by atoms with van der Waals surface area (Å²) in [7, 11) is 6.16. The highest BCUT2D eigenvalue weighted by Crippen LogP contribution is 2.37. The number of aromatic nitrogens is 1. The Morgan fingerprint density at radius 2 is 1.42 bits per heavy atom. The third-order valence-corrected chi connectivity index (χ3v) is 6.04. The molecule has 4 heteroatoms. The maximum absolute atomic E-state index is 9.79. The zero-order valence-electron chi connectivity index (χ0n) is 18.6. The molecule has 4 aromatic rings. The fraction of sp³-hybridized carbons (Fsp3) is 0.222. The highest BCUT2D eigenvalue weighted by atomic mass is 16.3. The molecule has 0 spiro atoms. The van der Waals surface area contributed by atoms with E-state index in [2.05, 4.69) is 86.1 Å². The lowest BCUT2D eigenvalue weighted by molar-refractivity contribution is -0.631. The average molecular weight is 414 g/mol. The molecule has 0 saturated carbocycles. The lowest BCUT2D eigenvalue weighted by Crippen LogP contribution is -2.37. The second kappa shape index (κ2) is 8.50. The molecule has 158 valence electrons. The minimum absolute atomic E-state index is 0.0941. The molecule has 1 heterocycles. The standard InChI is InChI=1S/C27H29N2O2/c1-18-23(19-9-6-5-7-10-19)11-8-12-24(18)25-14-20-13-21(16-30)22(17-31)15-26(20)29(4)27(25)28(2)3/h5-15,30-31H,16-17H2,1-4H3/q+1. The van der Waals surface area contributed by atoms with Crippen molar-refractivity contribution in [3.05, 3.63) is 83.4 Å². The number of hydrogen-bond acceptors (Lipinski definition) is 3. The van der Waals surface area contributed by atoms with Crippen molar-refractivity contribution in [1.29, 1.82) is 0 Å². The molecule has 2 N–H and O–H groups in total. The van der Waals surface area contributed by atoms with Gasteiger partial charge in [-0.25, -0.2) is 4.57 Å². The molecule has 0 fully saturated rings. The molecule has 0 saturated heterocycles. The van der Waals surface area contributed by atoms with Crippen molar-refractivity contribution in [3.63, 3.8) is 0 Å². The van der Waals surface area contributed by atoms with E-state index in [0.717, 1.165) is 33.4 Å². The lowest BCUT2D eigenvalue weighted by Gasteiger charge is -2.19. The van der Waals surface area contributed by atoms with Crippen LogP contribution in [0.3, 0.4) is 0 Å². The Balaban J connectivity index is 2.03. The van der Waals surface area contributed by atoms with Gasteiger partial charge in [0.15, 0.2) is 0 Å². The zero-order chi connectivity index (χ0) is 22.1. The number of benzene rings is 3. The first-order valence-electron chi connectivity index (χ1n) is 10.5. The van der Waals surface area contributed by atoms with Gasteiger partial charge in [0, 0.05) is 5.39 Å². The van der Waals surface area contributed by atoms with Gasteiger partial charge < -0.3 is 10.2 Å². The highest BCUT2D eigenvalue weighted by Gasteiger charge is 2.23. The first kappa shape index (κ1) is 21.0. The second-order valence-electron chi connectivity index (χ2n) is 8.18. The molecule has 0 aliphatic heterocycles. The van der Waals surface area contributed by atoms with Crippen LogP contribution in [0.25, 0.3) is 33.2 Å². The van der Waals surface area contributed by atoms with Gasteiger partial charge >= 0.3 is 0 Å². The van der Waals surface area contributed by atoms with E-state index in [1.807, 2.05) is 18.2 Å². The van der Waals surface area contributed by atoms with Crippen molar-refractivity contribution in [2.24, 2.45) is 7.05 Å². The van der Waals surface area contributed by atoms with Gasteiger partial charge in [-0.05, 0) is 58.5 Å². The predicted octanol–water partition coefficient (Wildman–Crippen LogP) is 4.36. The minimum atomic E-state index is -0.0944. The van der Waals surface area contributed by atoms with E-state index in [0.29, 0.717) is 0 Å². The molecule has 1 aromatic heterocycles. The van der Waals surface area contributed by atoms with Crippen LogP contribution >= 0.6 is 0 Å². The van der Waals surface area contributed by atoms with Crippen LogP contribution < -0.4 is 9.47 Å². The van der Waals surface area contributed by atoms with E-state index in [4.69, 9.17) is 0 Å². The summed E-state index contributed by atoms with van der Waals surface area (Å²) in [5, 5.41) is 20.6. The first-order valence-corrected chi connectivity index (χ1v) is 10.5. The zero-order valence-corrected chi connectivity index (χ0v) is 18.6. The second-order valence-corrected chi connectivity index (χ2v) is 8.18. The molecule has 0 bridgehead atoms. The maximum Gasteiger partial charge on any atom is 0.284 e. The predicted molar refractivity (Wildman–Crippen MR) is 127 cm³/mol. The van der Waals surface area contributed by atoms with E-state index in [9.17, 15) is 10.2 Å². The first-order chi connectivity index (χ1) is 15.0. The summed E-state index contributed by atoms with van der Waals surface area (Å²) in [6.45, 7) is 1.99. The summed E-state index contributed by atoms with van der Waals surface area (Å²) in [5.74, 6) is 1.08. The molecule has 0 unspecified atom stereocenters. The number of aliphatic hydroxyl groups is 2. The van der Waals surface area contributed by atoms with E-state index in [1.54, 1.807) is 0 Å². The van der Waals surface area contributed by atoms with Gasteiger partial charge in [-0.15, -0.1) is 0 Å². The van der Waals surface area contributed by atoms with Crippen molar-refractivity contribution < 1.29 is 14.8 Å². The Kier molecular flexibility index (Phi) is 5.77. The molecule has 4 nitrogen and oxygen atoms in total. The molecule has 0 amide bonds. The van der Waals surface area contributed by atoms with Gasteiger partial charge in [-0.3, -0.25) is 4.90 Å². The van der Waals surface area contributed by atoms with Crippen LogP contribution in [0.1, 0.15) is 16.7 Å². The van der Waals surface area contributed by atoms with Crippen LogP contribution in [0.5, 0.6) is 0 Å². The summed E-state index contributed by atoms with van der Waals surface area (Å²) in [4.78, 5) is 2.13.